The zero-order valence-electron chi connectivity index (χ0n) is 12.9. The van der Waals surface area contributed by atoms with Crippen LogP contribution < -0.4 is 4.72 Å². The number of aryl methyl sites for hydroxylation is 2. The lowest BCUT2D eigenvalue weighted by Crippen LogP contribution is -2.33. The van der Waals surface area contributed by atoms with E-state index in [4.69, 9.17) is 4.42 Å². The lowest BCUT2D eigenvalue weighted by atomic mass is 10.1. The van der Waals surface area contributed by atoms with E-state index in [0.29, 0.717) is 23.0 Å². The first-order valence-corrected chi connectivity index (χ1v) is 8.39. The van der Waals surface area contributed by atoms with Crippen LogP contribution in [-0.2, 0) is 16.6 Å². The Balaban J connectivity index is 2.94. The van der Waals surface area contributed by atoms with Crippen LogP contribution in [0.15, 0.2) is 9.31 Å². The van der Waals surface area contributed by atoms with Gasteiger partial charge in [0.1, 0.15) is 16.4 Å². The van der Waals surface area contributed by atoms with Crippen LogP contribution in [0.2, 0.25) is 0 Å². The highest BCUT2D eigenvalue weighted by molar-refractivity contribution is 7.89. The Morgan fingerprint density at radius 1 is 1.15 bits per heavy atom. The third-order valence-corrected chi connectivity index (χ3v) is 5.07. The molecule has 0 spiro atoms. The monoisotopic (exact) mass is 303 g/mol. The van der Waals surface area contributed by atoms with E-state index in [1.807, 2.05) is 6.92 Å². The van der Waals surface area contributed by atoms with E-state index in [1.165, 1.54) is 0 Å². The van der Waals surface area contributed by atoms with Crippen LogP contribution in [-0.4, -0.2) is 19.6 Å². The fourth-order valence-electron chi connectivity index (χ4n) is 2.21. The lowest BCUT2D eigenvalue weighted by Gasteiger charge is -2.15. The van der Waals surface area contributed by atoms with E-state index in [-0.39, 0.29) is 17.5 Å². The molecule has 0 aliphatic rings. The average Bonchev–Trinajstić information content (AvgIpc) is 2.60. The molecule has 0 fully saturated rings. The molecule has 1 unspecified atom stereocenters. The maximum absolute atomic E-state index is 12.4. The zero-order valence-corrected chi connectivity index (χ0v) is 13.7. The fraction of sp³-hybridized carbons (Fsp3) is 0.714. The van der Waals surface area contributed by atoms with Gasteiger partial charge in [0.15, 0.2) is 0 Å². The van der Waals surface area contributed by atoms with Gasteiger partial charge in [-0.2, -0.15) is 0 Å². The molecule has 0 radical (unpaired) electrons. The Morgan fingerprint density at radius 2 is 1.75 bits per heavy atom. The van der Waals surface area contributed by atoms with E-state index in [9.17, 15) is 13.5 Å². The Morgan fingerprint density at radius 3 is 2.25 bits per heavy atom. The molecule has 0 bridgehead atoms. The van der Waals surface area contributed by atoms with Crippen molar-refractivity contribution in [1.82, 2.24) is 4.72 Å². The first kappa shape index (κ1) is 17.2. The number of aliphatic hydroxyl groups excluding tert-OH is 1. The summed E-state index contributed by atoms with van der Waals surface area (Å²) in [4.78, 5) is 0.0777. The van der Waals surface area contributed by atoms with Gasteiger partial charge in [-0.3, -0.25) is 0 Å². The van der Waals surface area contributed by atoms with Crippen molar-refractivity contribution in [3.05, 3.63) is 17.1 Å². The van der Waals surface area contributed by atoms with E-state index < -0.39 is 10.0 Å². The van der Waals surface area contributed by atoms with Gasteiger partial charge in [-0.25, -0.2) is 13.1 Å². The van der Waals surface area contributed by atoms with Crippen LogP contribution in [0.5, 0.6) is 0 Å². The summed E-state index contributed by atoms with van der Waals surface area (Å²) in [6.45, 7) is 8.96. The van der Waals surface area contributed by atoms with Crippen LogP contribution in [0.25, 0.3) is 0 Å². The number of hydrogen-bond acceptors (Lipinski definition) is 4. The summed E-state index contributed by atoms with van der Waals surface area (Å²) in [5.41, 5.74) is 0.339. The Bertz CT molecular complexity index is 546. The molecular weight excluding hydrogens is 278 g/mol. The van der Waals surface area contributed by atoms with Gasteiger partial charge in [-0.1, -0.05) is 13.8 Å². The summed E-state index contributed by atoms with van der Waals surface area (Å²) in [6, 6.07) is -0.149. The summed E-state index contributed by atoms with van der Waals surface area (Å²) in [7, 11) is -3.66. The largest absolute Gasteiger partial charge is 0.465 e. The van der Waals surface area contributed by atoms with Crippen molar-refractivity contribution >= 4 is 10.0 Å². The second kappa shape index (κ2) is 6.74. The normalized spacial score (nSPS) is 13.9. The van der Waals surface area contributed by atoms with Crippen molar-refractivity contribution in [2.24, 2.45) is 5.92 Å². The van der Waals surface area contributed by atoms with Gasteiger partial charge in [0, 0.05) is 11.6 Å². The van der Waals surface area contributed by atoms with Crippen molar-refractivity contribution < 1.29 is 17.9 Å². The summed E-state index contributed by atoms with van der Waals surface area (Å²) < 4.78 is 32.8. The molecule has 0 saturated carbocycles. The molecular formula is C14H25NO4S. The Labute approximate surface area is 121 Å². The highest BCUT2D eigenvalue weighted by Gasteiger charge is 2.27. The van der Waals surface area contributed by atoms with Crippen LogP contribution in [0, 0.1) is 19.8 Å². The second-order valence-electron chi connectivity index (χ2n) is 5.67. The van der Waals surface area contributed by atoms with Crippen molar-refractivity contribution in [2.45, 2.75) is 65.0 Å². The van der Waals surface area contributed by atoms with Gasteiger partial charge in [0.25, 0.3) is 0 Å². The van der Waals surface area contributed by atoms with Crippen molar-refractivity contribution in [2.75, 3.05) is 0 Å². The Kier molecular flexibility index (Phi) is 5.79. The minimum Gasteiger partial charge on any atom is -0.465 e. The van der Waals surface area contributed by atoms with Gasteiger partial charge in [-0.15, -0.1) is 0 Å². The molecule has 0 aliphatic heterocycles. The predicted molar refractivity (Wildman–Crippen MR) is 78.0 cm³/mol. The smallest absolute Gasteiger partial charge is 0.244 e. The van der Waals surface area contributed by atoms with Crippen molar-refractivity contribution in [3.8, 4) is 0 Å². The van der Waals surface area contributed by atoms with Crippen LogP contribution in [0.1, 0.15) is 50.7 Å². The van der Waals surface area contributed by atoms with Gasteiger partial charge < -0.3 is 9.52 Å². The SMILES string of the molecule is Cc1oc(C)c(S(=O)(=O)NC(C)CCC(C)C)c1CO. The van der Waals surface area contributed by atoms with Crippen molar-refractivity contribution in [1.29, 1.82) is 0 Å². The van der Waals surface area contributed by atoms with E-state index in [2.05, 4.69) is 18.6 Å². The summed E-state index contributed by atoms with van der Waals surface area (Å²) in [5.74, 6) is 1.29. The molecule has 1 heterocycles. The molecule has 0 aromatic carbocycles. The summed E-state index contributed by atoms with van der Waals surface area (Å²) in [5, 5.41) is 9.33. The first-order chi connectivity index (χ1) is 9.19. The quantitative estimate of drug-likeness (QED) is 0.811. The standard InChI is InChI=1S/C14H25NO4S/c1-9(2)6-7-10(3)15-20(17,18)14-12(5)19-11(4)13(14)8-16/h9-10,15-16H,6-8H2,1-5H3. The highest BCUT2D eigenvalue weighted by Crippen LogP contribution is 2.26. The van der Waals surface area contributed by atoms with E-state index in [0.717, 1.165) is 12.8 Å². The molecule has 1 aromatic rings. The fourth-order valence-corrected chi connectivity index (χ4v) is 3.93. The minimum atomic E-state index is -3.66. The average molecular weight is 303 g/mol. The third kappa shape index (κ3) is 4.07. The third-order valence-electron chi connectivity index (χ3n) is 3.29. The van der Waals surface area contributed by atoms with Crippen LogP contribution >= 0.6 is 0 Å². The topological polar surface area (TPSA) is 79.5 Å². The van der Waals surface area contributed by atoms with Gasteiger partial charge >= 0.3 is 0 Å². The summed E-state index contributed by atoms with van der Waals surface area (Å²) >= 11 is 0. The molecule has 2 N–H and O–H groups in total. The van der Waals surface area contributed by atoms with Gasteiger partial charge in [-0.05, 0) is 39.5 Å². The first-order valence-electron chi connectivity index (χ1n) is 6.91. The number of rotatable bonds is 7. The molecule has 6 heteroatoms. The number of nitrogens with one attached hydrogen (secondary N) is 1. The molecule has 1 aromatic heterocycles. The number of furan rings is 1. The molecule has 1 atom stereocenters. The van der Waals surface area contributed by atoms with Crippen LogP contribution in [0.4, 0.5) is 0 Å². The maximum atomic E-state index is 12.4. The maximum Gasteiger partial charge on any atom is 0.244 e. The van der Waals surface area contributed by atoms with Gasteiger partial charge in [0.2, 0.25) is 10.0 Å². The molecule has 5 nitrogen and oxygen atoms in total. The summed E-state index contributed by atoms with van der Waals surface area (Å²) in [6.07, 6.45) is 1.74. The number of hydrogen-bond donors (Lipinski definition) is 2. The minimum absolute atomic E-state index is 0.0777. The predicted octanol–water partition coefficient (Wildman–Crippen LogP) is 2.49. The molecule has 116 valence electrons. The molecule has 1 rings (SSSR count). The molecule has 0 amide bonds. The van der Waals surface area contributed by atoms with E-state index in [1.54, 1.807) is 13.8 Å². The number of sulfonamides is 1. The second-order valence-corrected chi connectivity index (χ2v) is 7.32. The van der Waals surface area contributed by atoms with E-state index >= 15 is 0 Å². The van der Waals surface area contributed by atoms with Crippen molar-refractivity contribution in [3.63, 3.8) is 0 Å². The zero-order chi connectivity index (χ0) is 15.5. The Hall–Kier alpha value is -0.850. The van der Waals surface area contributed by atoms with Gasteiger partial charge in [0.05, 0.1) is 6.61 Å². The molecule has 0 aliphatic carbocycles. The lowest BCUT2D eigenvalue weighted by molar-refractivity contribution is 0.276. The molecule has 0 saturated heterocycles. The molecule has 20 heavy (non-hydrogen) atoms. The van der Waals surface area contributed by atoms with Crippen LogP contribution in [0.3, 0.4) is 0 Å². The highest BCUT2D eigenvalue weighted by atomic mass is 32.2. The number of aliphatic hydroxyl groups is 1.